The van der Waals surface area contributed by atoms with E-state index in [-0.39, 0.29) is 17.4 Å². The number of hydrogen-bond acceptors (Lipinski definition) is 9. The normalized spacial score (nSPS) is 10.9. The Morgan fingerprint density at radius 2 is 1.58 bits per heavy atom. The van der Waals surface area contributed by atoms with E-state index in [1.807, 2.05) is 35.7 Å². The molecule has 4 aromatic carbocycles. The number of benzene rings is 4. The molecule has 3 N–H and O–H groups in total. The van der Waals surface area contributed by atoms with Gasteiger partial charge >= 0.3 is 0 Å². The zero-order valence-electron chi connectivity index (χ0n) is 26.3. The predicted octanol–water partition coefficient (Wildman–Crippen LogP) is 6.98. The Kier molecular flexibility index (Phi) is 11.5. The number of anilines is 2. The van der Waals surface area contributed by atoms with Crippen LogP contribution in [0.3, 0.4) is 0 Å². The zero-order valence-corrected chi connectivity index (χ0v) is 27.9. The average Bonchev–Trinajstić information content (AvgIpc) is 3.59. The number of rotatable bonds is 13. The molecule has 1 heterocycles. The molecule has 0 saturated heterocycles. The number of carbonyl (C=O) groups excluding carboxylic acids is 3. The van der Waals surface area contributed by atoms with Crippen molar-refractivity contribution in [3.8, 4) is 28.5 Å². The molecular formula is C36H32N4O6S2. The zero-order chi connectivity index (χ0) is 33.9. The second kappa shape index (κ2) is 16.3. The van der Waals surface area contributed by atoms with Gasteiger partial charge in [-0.3, -0.25) is 14.4 Å². The van der Waals surface area contributed by atoms with Crippen LogP contribution in [0.4, 0.5) is 10.8 Å². The van der Waals surface area contributed by atoms with E-state index in [1.165, 1.54) is 36.3 Å². The molecule has 10 nitrogen and oxygen atoms in total. The van der Waals surface area contributed by atoms with Gasteiger partial charge in [-0.25, -0.2) is 4.98 Å². The van der Waals surface area contributed by atoms with Crippen molar-refractivity contribution in [3.63, 3.8) is 0 Å². The van der Waals surface area contributed by atoms with E-state index in [1.54, 1.807) is 80.9 Å². The fourth-order valence-electron chi connectivity index (χ4n) is 4.51. The van der Waals surface area contributed by atoms with Crippen molar-refractivity contribution in [2.75, 3.05) is 37.7 Å². The minimum Gasteiger partial charge on any atom is -0.497 e. The second-order valence-electron chi connectivity index (χ2n) is 10.0. The lowest BCUT2D eigenvalue weighted by Gasteiger charge is -2.13. The Morgan fingerprint density at radius 1 is 0.812 bits per heavy atom. The molecule has 5 aromatic rings. The summed E-state index contributed by atoms with van der Waals surface area (Å²) in [5.74, 6) is 0.634. The smallest absolute Gasteiger partial charge is 0.272 e. The van der Waals surface area contributed by atoms with Gasteiger partial charge in [-0.05, 0) is 60.7 Å². The lowest BCUT2D eigenvalue weighted by molar-refractivity contribution is -0.114. The van der Waals surface area contributed by atoms with Crippen molar-refractivity contribution >= 4 is 57.7 Å². The van der Waals surface area contributed by atoms with Gasteiger partial charge < -0.3 is 30.2 Å². The fourth-order valence-corrected chi connectivity index (χ4v) is 5.99. The van der Waals surface area contributed by atoms with Crippen molar-refractivity contribution in [3.05, 3.63) is 119 Å². The number of carbonyl (C=O) groups is 3. The lowest BCUT2D eigenvalue weighted by atomic mass is 10.1. The third-order valence-electron chi connectivity index (χ3n) is 6.86. The summed E-state index contributed by atoms with van der Waals surface area (Å²) in [7, 11) is 4.65. The highest BCUT2D eigenvalue weighted by atomic mass is 32.2. The monoisotopic (exact) mass is 680 g/mol. The van der Waals surface area contributed by atoms with Crippen LogP contribution in [-0.4, -0.2) is 49.8 Å². The fraction of sp³-hybridized carbons (Fsp3) is 0.111. The Morgan fingerprint density at radius 3 is 2.35 bits per heavy atom. The van der Waals surface area contributed by atoms with Crippen molar-refractivity contribution in [1.29, 1.82) is 0 Å². The van der Waals surface area contributed by atoms with Gasteiger partial charge in [0.2, 0.25) is 5.91 Å². The first-order chi connectivity index (χ1) is 23.4. The van der Waals surface area contributed by atoms with Crippen LogP contribution in [0.5, 0.6) is 17.2 Å². The minimum absolute atomic E-state index is 0.000642. The molecule has 48 heavy (non-hydrogen) atoms. The lowest BCUT2D eigenvalue weighted by Crippen LogP contribution is -2.30. The second-order valence-corrected chi connectivity index (χ2v) is 11.9. The van der Waals surface area contributed by atoms with E-state index in [9.17, 15) is 14.4 Å². The van der Waals surface area contributed by atoms with Gasteiger partial charge in [0.1, 0.15) is 22.9 Å². The van der Waals surface area contributed by atoms with E-state index in [4.69, 9.17) is 14.2 Å². The highest BCUT2D eigenvalue weighted by Gasteiger charge is 2.17. The molecule has 0 bridgehead atoms. The molecule has 0 aliphatic heterocycles. The molecular weight excluding hydrogens is 649 g/mol. The number of methoxy groups -OCH3 is 3. The molecule has 1 aromatic heterocycles. The van der Waals surface area contributed by atoms with Crippen LogP contribution in [0.25, 0.3) is 17.3 Å². The van der Waals surface area contributed by atoms with E-state index in [2.05, 4.69) is 20.9 Å². The highest BCUT2D eigenvalue weighted by Crippen LogP contribution is 2.32. The molecule has 0 aliphatic rings. The van der Waals surface area contributed by atoms with Crippen molar-refractivity contribution < 1.29 is 28.6 Å². The summed E-state index contributed by atoms with van der Waals surface area (Å²) < 4.78 is 16.2. The molecule has 244 valence electrons. The molecule has 12 heteroatoms. The number of thioether (sulfide) groups is 1. The van der Waals surface area contributed by atoms with Gasteiger partial charge in [0.05, 0.1) is 32.8 Å². The average molecular weight is 681 g/mol. The van der Waals surface area contributed by atoms with Gasteiger partial charge in [-0.1, -0.05) is 36.4 Å². The maximum Gasteiger partial charge on any atom is 0.272 e. The number of hydrogen-bond donors (Lipinski definition) is 3. The first-order valence-corrected chi connectivity index (χ1v) is 16.5. The number of ether oxygens (including phenoxy) is 3. The summed E-state index contributed by atoms with van der Waals surface area (Å²) in [6.45, 7) is 0. The third kappa shape index (κ3) is 8.81. The molecule has 0 fully saturated rings. The summed E-state index contributed by atoms with van der Waals surface area (Å²) in [5, 5.41) is 10.8. The Labute approximate surface area is 286 Å². The molecule has 0 radical (unpaired) electrons. The SMILES string of the molecule is COc1ccc(/C=C(/NC(=O)c2ccccc2)C(=O)Nc2cccc(SCC(=O)Nc3nc(-c4ccccc4OC)cs3)c2)c(OC)c1. The quantitative estimate of drug-likeness (QED) is 0.0899. The molecule has 0 aliphatic carbocycles. The molecule has 0 unspecified atom stereocenters. The number of aromatic nitrogens is 1. The summed E-state index contributed by atoms with van der Waals surface area (Å²) in [6.07, 6.45) is 1.54. The van der Waals surface area contributed by atoms with Crippen molar-refractivity contribution in [1.82, 2.24) is 10.3 Å². The van der Waals surface area contributed by atoms with Gasteiger partial charge in [0.15, 0.2) is 5.13 Å². The van der Waals surface area contributed by atoms with Crippen LogP contribution in [0.1, 0.15) is 15.9 Å². The molecule has 0 atom stereocenters. The number of para-hydroxylation sites is 1. The van der Waals surface area contributed by atoms with E-state index in [0.29, 0.717) is 44.9 Å². The first-order valence-electron chi connectivity index (χ1n) is 14.6. The number of thiazole rings is 1. The van der Waals surface area contributed by atoms with Crippen LogP contribution in [0.2, 0.25) is 0 Å². The van der Waals surface area contributed by atoms with Gasteiger partial charge in [0, 0.05) is 38.7 Å². The topological polar surface area (TPSA) is 128 Å². The summed E-state index contributed by atoms with van der Waals surface area (Å²) in [5.41, 5.74) is 2.98. The van der Waals surface area contributed by atoms with Crippen molar-refractivity contribution in [2.45, 2.75) is 4.90 Å². The predicted molar refractivity (Wildman–Crippen MR) is 190 cm³/mol. The number of amides is 3. The summed E-state index contributed by atoms with van der Waals surface area (Å²) >= 11 is 2.63. The van der Waals surface area contributed by atoms with Crippen LogP contribution in [0, 0.1) is 0 Å². The summed E-state index contributed by atoms with van der Waals surface area (Å²) in [6, 6.07) is 28.4. The van der Waals surface area contributed by atoms with Crippen LogP contribution < -0.4 is 30.2 Å². The van der Waals surface area contributed by atoms with Crippen LogP contribution in [-0.2, 0) is 9.59 Å². The van der Waals surface area contributed by atoms with Gasteiger partial charge in [-0.15, -0.1) is 23.1 Å². The number of nitrogens with one attached hydrogen (secondary N) is 3. The molecule has 0 saturated carbocycles. The van der Waals surface area contributed by atoms with Crippen LogP contribution in [0.15, 0.2) is 113 Å². The maximum absolute atomic E-state index is 13.6. The first kappa shape index (κ1) is 33.8. The van der Waals surface area contributed by atoms with E-state index < -0.39 is 11.8 Å². The largest absolute Gasteiger partial charge is 0.497 e. The molecule has 3 amide bonds. The van der Waals surface area contributed by atoms with E-state index in [0.717, 1.165) is 10.5 Å². The maximum atomic E-state index is 13.6. The van der Waals surface area contributed by atoms with E-state index >= 15 is 0 Å². The van der Waals surface area contributed by atoms with Gasteiger partial charge in [-0.2, -0.15) is 0 Å². The minimum atomic E-state index is -0.549. The number of nitrogens with zero attached hydrogens (tertiary/aromatic N) is 1. The standard InChI is InChI=1S/C36H32N4O6S2/c1-44-26-17-16-24(32(20-26)46-3)18-29(38-34(42)23-10-5-4-6-11-23)35(43)37-25-12-9-13-27(19-25)47-22-33(41)40-36-39-30(21-48-36)28-14-7-8-15-31(28)45-2/h4-21H,22H2,1-3H3,(H,37,43)(H,38,42)(H,39,40,41)/b29-18+. The van der Waals surface area contributed by atoms with Crippen LogP contribution >= 0.6 is 23.1 Å². The Bertz CT molecular complexity index is 1940. The molecule has 5 rings (SSSR count). The Hall–Kier alpha value is -5.59. The van der Waals surface area contributed by atoms with Gasteiger partial charge in [0.25, 0.3) is 11.8 Å². The van der Waals surface area contributed by atoms with Crippen molar-refractivity contribution in [2.24, 2.45) is 0 Å². The third-order valence-corrected chi connectivity index (χ3v) is 8.62. The Balaban J connectivity index is 1.26. The summed E-state index contributed by atoms with van der Waals surface area (Å²) in [4.78, 5) is 44.7. The highest BCUT2D eigenvalue weighted by molar-refractivity contribution is 8.00. The molecule has 0 spiro atoms.